The first-order valence-corrected chi connectivity index (χ1v) is 5.35. The molecule has 0 radical (unpaired) electrons. The molecule has 1 aliphatic rings. The highest BCUT2D eigenvalue weighted by Crippen LogP contribution is 2.08. The monoisotopic (exact) mass is 208 g/mol. The average molecular weight is 208 g/mol. The summed E-state index contributed by atoms with van der Waals surface area (Å²) in [5, 5.41) is 0. The molecule has 0 saturated carbocycles. The number of rotatable bonds is 3. The fraction of sp³-hybridized carbons (Fsp3) is 0.583. The SMILES string of the molecule is CC1=CCCN(C(=O)C=CCN(C)C)C1. The maximum Gasteiger partial charge on any atom is 0.246 e. The smallest absolute Gasteiger partial charge is 0.246 e. The van der Waals surface area contributed by atoms with Crippen molar-refractivity contribution in [2.24, 2.45) is 0 Å². The molecule has 0 N–H and O–H groups in total. The number of hydrogen-bond donors (Lipinski definition) is 0. The third-order valence-electron chi connectivity index (χ3n) is 2.37. The predicted molar refractivity (Wildman–Crippen MR) is 62.6 cm³/mol. The van der Waals surface area contributed by atoms with Crippen LogP contribution in [-0.2, 0) is 4.79 Å². The minimum absolute atomic E-state index is 0.129. The summed E-state index contributed by atoms with van der Waals surface area (Å²) in [6.45, 7) is 4.52. The molecule has 15 heavy (non-hydrogen) atoms. The first-order chi connectivity index (χ1) is 7.09. The molecule has 0 fully saturated rings. The van der Waals surface area contributed by atoms with Crippen LogP contribution < -0.4 is 0 Å². The van der Waals surface area contributed by atoms with Crippen molar-refractivity contribution in [2.75, 3.05) is 33.7 Å². The molecule has 1 heterocycles. The first-order valence-electron chi connectivity index (χ1n) is 5.35. The van der Waals surface area contributed by atoms with E-state index in [4.69, 9.17) is 0 Å². The van der Waals surface area contributed by atoms with Crippen molar-refractivity contribution in [2.45, 2.75) is 13.3 Å². The van der Waals surface area contributed by atoms with E-state index in [1.165, 1.54) is 5.57 Å². The molecule has 0 atom stereocenters. The summed E-state index contributed by atoms with van der Waals surface area (Å²) >= 11 is 0. The zero-order valence-electron chi connectivity index (χ0n) is 9.86. The van der Waals surface area contributed by atoms with Gasteiger partial charge in [0.15, 0.2) is 0 Å². The molecular formula is C12H20N2O. The predicted octanol–water partition coefficient (Wildman–Crippen LogP) is 1.28. The molecule has 0 aromatic heterocycles. The molecule has 1 amide bonds. The van der Waals surface area contributed by atoms with Crippen molar-refractivity contribution >= 4 is 5.91 Å². The second kappa shape index (κ2) is 5.71. The highest BCUT2D eigenvalue weighted by atomic mass is 16.2. The topological polar surface area (TPSA) is 23.6 Å². The van der Waals surface area contributed by atoms with Crippen LogP contribution in [0, 0.1) is 0 Å². The molecule has 3 heteroatoms. The number of hydrogen-bond acceptors (Lipinski definition) is 2. The quantitative estimate of drug-likeness (QED) is 0.515. The summed E-state index contributed by atoms with van der Waals surface area (Å²) in [6, 6.07) is 0. The van der Waals surface area contributed by atoms with Gasteiger partial charge in [0, 0.05) is 25.7 Å². The highest BCUT2D eigenvalue weighted by molar-refractivity contribution is 5.87. The zero-order chi connectivity index (χ0) is 11.3. The van der Waals surface area contributed by atoms with Crippen molar-refractivity contribution in [3.8, 4) is 0 Å². The maximum atomic E-state index is 11.7. The molecule has 84 valence electrons. The lowest BCUT2D eigenvalue weighted by molar-refractivity contribution is -0.125. The van der Waals surface area contributed by atoms with Crippen molar-refractivity contribution in [3.05, 3.63) is 23.8 Å². The number of nitrogens with zero attached hydrogens (tertiary/aromatic N) is 2. The highest BCUT2D eigenvalue weighted by Gasteiger charge is 2.13. The fourth-order valence-corrected chi connectivity index (χ4v) is 1.57. The number of carbonyl (C=O) groups excluding carboxylic acids is 1. The van der Waals surface area contributed by atoms with Crippen LogP contribution in [0.2, 0.25) is 0 Å². The normalized spacial score (nSPS) is 17.3. The molecule has 0 aliphatic carbocycles. The van der Waals surface area contributed by atoms with Gasteiger partial charge in [-0.1, -0.05) is 17.7 Å². The summed E-state index contributed by atoms with van der Waals surface area (Å²) < 4.78 is 0. The van der Waals surface area contributed by atoms with Gasteiger partial charge in [-0.15, -0.1) is 0 Å². The van der Waals surface area contributed by atoms with E-state index in [1.54, 1.807) is 6.08 Å². The second-order valence-electron chi connectivity index (χ2n) is 4.26. The Morgan fingerprint density at radius 2 is 2.33 bits per heavy atom. The van der Waals surface area contributed by atoms with E-state index in [1.807, 2.05) is 30.0 Å². The molecule has 1 rings (SSSR count). The largest absolute Gasteiger partial charge is 0.335 e. The zero-order valence-corrected chi connectivity index (χ0v) is 9.86. The minimum atomic E-state index is 0.129. The lowest BCUT2D eigenvalue weighted by Crippen LogP contribution is -2.34. The van der Waals surface area contributed by atoms with Crippen molar-refractivity contribution in [1.82, 2.24) is 9.80 Å². The lowest BCUT2D eigenvalue weighted by Gasteiger charge is -2.24. The van der Waals surface area contributed by atoms with E-state index >= 15 is 0 Å². The van der Waals surface area contributed by atoms with Gasteiger partial charge in [-0.25, -0.2) is 0 Å². The van der Waals surface area contributed by atoms with Gasteiger partial charge in [0.1, 0.15) is 0 Å². The minimum Gasteiger partial charge on any atom is -0.335 e. The van der Waals surface area contributed by atoms with Crippen LogP contribution in [0.5, 0.6) is 0 Å². The number of amides is 1. The number of likely N-dealkylation sites (N-methyl/N-ethyl adjacent to an activating group) is 1. The van der Waals surface area contributed by atoms with E-state index in [2.05, 4.69) is 13.0 Å². The average Bonchev–Trinajstić information content (AvgIpc) is 2.17. The summed E-state index contributed by atoms with van der Waals surface area (Å²) in [7, 11) is 3.98. The Morgan fingerprint density at radius 1 is 1.60 bits per heavy atom. The molecule has 0 bridgehead atoms. The first kappa shape index (κ1) is 12.0. The summed E-state index contributed by atoms with van der Waals surface area (Å²) in [6.07, 6.45) is 6.78. The molecule has 0 unspecified atom stereocenters. The maximum absolute atomic E-state index is 11.7. The standard InChI is InChI=1S/C12H20N2O/c1-11-6-4-9-14(10-11)12(15)7-5-8-13(2)3/h5-7H,4,8-10H2,1-3H3. The van der Waals surface area contributed by atoms with E-state index in [0.29, 0.717) is 0 Å². The van der Waals surface area contributed by atoms with Gasteiger partial charge in [0.25, 0.3) is 0 Å². The Hall–Kier alpha value is -1.09. The van der Waals surface area contributed by atoms with Gasteiger partial charge < -0.3 is 9.80 Å². The van der Waals surface area contributed by atoms with Gasteiger partial charge in [0.05, 0.1) is 0 Å². The van der Waals surface area contributed by atoms with Gasteiger partial charge in [-0.05, 0) is 27.4 Å². The van der Waals surface area contributed by atoms with Crippen LogP contribution in [0.15, 0.2) is 23.8 Å². The van der Waals surface area contributed by atoms with Crippen LogP contribution in [-0.4, -0.2) is 49.4 Å². The Bertz CT molecular complexity index is 279. The van der Waals surface area contributed by atoms with Crippen LogP contribution >= 0.6 is 0 Å². The molecule has 0 aromatic rings. The Labute approximate surface area is 92.0 Å². The van der Waals surface area contributed by atoms with Gasteiger partial charge in [0.2, 0.25) is 5.91 Å². The van der Waals surface area contributed by atoms with Gasteiger partial charge in [-0.2, -0.15) is 0 Å². The van der Waals surface area contributed by atoms with Crippen molar-refractivity contribution < 1.29 is 4.79 Å². The molecular weight excluding hydrogens is 188 g/mol. The Balaban J connectivity index is 2.40. The summed E-state index contributed by atoms with van der Waals surface area (Å²) in [5.41, 5.74) is 1.29. The van der Waals surface area contributed by atoms with E-state index in [0.717, 1.165) is 26.1 Å². The lowest BCUT2D eigenvalue weighted by atomic mass is 10.1. The van der Waals surface area contributed by atoms with E-state index in [9.17, 15) is 4.79 Å². The van der Waals surface area contributed by atoms with Crippen LogP contribution in [0.25, 0.3) is 0 Å². The van der Waals surface area contributed by atoms with Crippen LogP contribution in [0.3, 0.4) is 0 Å². The molecule has 0 aromatic carbocycles. The summed E-state index contributed by atoms with van der Waals surface area (Å²) in [4.78, 5) is 15.6. The third-order valence-corrected chi connectivity index (χ3v) is 2.37. The van der Waals surface area contributed by atoms with Gasteiger partial charge in [-0.3, -0.25) is 4.79 Å². The second-order valence-corrected chi connectivity index (χ2v) is 4.26. The Kier molecular flexibility index (Phi) is 4.56. The van der Waals surface area contributed by atoms with E-state index < -0.39 is 0 Å². The molecule has 1 aliphatic heterocycles. The van der Waals surface area contributed by atoms with Gasteiger partial charge >= 0.3 is 0 Å². The fourth-order valence-electron chi connectivity index (χ4n) is 1.57. The van der Waals surface area contributed by atoms with Crippen molar-refractivity contribution in [3.63, 3.8) is 0 Å². The van der Waals surface area contributed by atoms with Crippen LogP contribution in [0.1, 0.15) is 13.3 Å². The Morgan fingerprint density at radius 3 is 2.93 bits per heavy atom. The molecule has 0 saturated heterocycles. The van der Waals surface area contributed by atoms with Crippen LogP contribution in [0.4, 0.5) is 0 Å². The van der Waals surface area contributed by atoms with E-state index in [-0.39, 0.29) is 5.91 Å². The molecule has 0 spiro atoms. The number of carbonyl (C=O) groups is 1. The third kappa shape index (κ3) is 4.30. The molecule has 3 nitrogen and oxygen atoms in total. The summed E-state index contributed by atoms with van der Waals surface area (Å²) in [5.74, 6) is 0.129. The van der Waals surface area contributed by atoms with Crippen molar-refractivity contribution in [1.29, 1.82) is 0 Å².